The number of ether oxygens (including phenoxy) is 1. The molecule has 0 aliphatic carbocycles. The van der Waals surface area contributed by atoms with E-state index < -0.39 is 11.4 Å². The van der Waals surface area contributed by atoms with Gasteiger partial charge in [-0.3, -0.25) is 9.59 Å². The summed E-state index contributed by atoms with van der Waals surface area (Å²) in [6.45, 7) is 5.56. The maximum absolute atomic E-state index is 11.9. The van der Waals surface area contributed by atoms with Crippen LogP contribution >= 0.6 is 0 Å². The molecule has 0 unspecified atom stereocenters. The molecule has 4 nitrogen and oxygen atoms in total. The van der Waals surface area contributed by atoms with E-state index in [1.54, 1.807) is 13.8 Å². The molecule has 0 saturated heterocycles. The summed E-state index contributed by atoms with van der Waals surface area (Å²) in [7, 11) is 0. The van der Waals surface area contributed by atoms with Crippen molar-refractivity contribution in [1.29, 1.82) is 0 Å². The molecule has 0 aliphatic rings. The number of hydrogen-bond donors (Lipinski definition) is 1. The molecular formula is C21H24O4. The van der Waals surface area contributed by atoms with Crippen LogP contribution in [0.2, 0.25) is 0 Å². The first-order valence-electron chi connectivity index (χ1n) is 8.33. The molecule has 25 heavy (non-hydrogen) atoms. The Kier molecular flexibility index (Phi) is 5.97. The highest BCUT2D eigenvalue weighted by Gasteiger charge is 2.29. The Balaban J connectivity index is 1.97. The van der Waals surface area contributed by atoms with Gasteiger partial charge in [-0.2, -0.15) is 0 Å². The van der Waals surface area contributed by atoms with Crippen molar-refractivity contribution in [3.63, 3.8) is 0 Å². The minimum atomic E-state index is -0.964. The molecule has 0 heterocycles. The number of carbonyl (C=O) groups is 2. The predicted molar refractivity (Wildman–Crippen MR) is 96.4 cm³/mol. The quantitative estimate of drug-likeness (QED) is 0.773. The van der Waals surface area contributed by atoms with Crippen molar-refractivity contribution in [3.8, 4) is 0 Å². The smallest absolute Gasteiger partial charge is 0.313 e. The molecule has 0 fully saturated rings. The Morgan fingerprint density at radius 1 is 1.04 bits per heavy atom. The van der Waals surface area contributed by atoms with Gasteiger partial charge in [0.25, 0.3) is 0 Å². The van der Waals surface area contributed by atoms with Crippen LogP contribution in [0.25, 0.3) is 0 Å². The number of carboxylic acid groups (broad SMARTS) is 1. The number of carbonyl (C=O) groups excluding carboxylic acids is 1. The summed E-state index contributed by atoms with van der Waals surface area (Å²) in [5.41, 5.74) is 2.67. The van der Waals surface area contributed by atoms with Crippen LogP contribution < -0.4 is 0 Å². The lowest BCUT2D eigenvalue weighted by Gasteiger charge is -2.21. The van der Waals surface area contributed by atoms with Crippen LogP contribution in [0.3, 0.4) is 0 Å². The van der Waals surface area contributed by atoms with Crippen molar-refractivity contribution in [1.82, 2.24) is 0 Å². The number of aliphatic carboxylic acids is 1. The Hall–Kier alpha value is -2.62. The van der Waals surface area contributed by atoms with Gasteiger partial charge < -0.3 is 9.84 Å². The Labute approximate surface area is 148 Å². The molecule has 0 amide bonds. The Morgan fingerprint density at radius 3 is 2.36 bits per heavy atom. The van der Waals surface area contributed by atoms with E-state index in [1.165, 1.54) is 0 Å². The van der Waals surface area contributed by atoms with E-state index in [2.05, 4.69) is 0 Å². The number of hydrogen-bond acceptors (Lipinski definition) is 3. The first-order chi connectivity index (χ1) is 11.8. The van der Waals surface area contributed by atoms with Gasteiger partial charge in [-0.25, -0.2) is 0 Å². The van der Waals surface area contributed by atoms with Gasteiger partial charge in [0.05, 0.1) is 5.41 Å². The van der Waals surface area contributed by atoms with Crippen LogP contribution in [0.5, 0.6) is 0 Å². The van der Waals surface area contributed by atoms with Gasteiger partial charge in [0.1, 0.15) is 6.61 Å². The van der Waals surface area contributed by atoms with Crippen molar-refractivity contribution in [2.75, 3.05) is 0 Å². The van der Waals surface area contributed by atoms with Crippen molar-refractivity contribution < 1.29 is 19.4 Å². The van der Waals surface area contributed by atoms with E-state index >= 15 is 0 Å². The summed E-state index contributed by atoms with van der Waals surface area (Å²) in [6.07, 6.45) is 0.793. The predicted octanol–water partition coefficient (Wildman–Crippen LogP) is 4.03. The normalized spacial score (nSPS) is 11.2. The monoisotopic (exact) mass is 340 g/mol. The van der Waals surface area contributed by atoms with Crippen molar-refractivity contribution in [3.05, 3.63) is 70.8 Å². The molecule has 4 heteroatoms. The SMILES string of the molecule is Cc1cc(CCC(=O)OCc2ccccc2)cc(C(C)(C)C(=O)O)c1. The standard InChI is InChI=1S/C21H24O4/c1-15-11-17(13-18(12-15)21(2,3)20(23)24)9-10-19(22)25-14-16-7-5-4-6-8-16/h4-8,11-13H,9-10,14H2,1-3H3,(H,23,24). The average molecular weight is 340 g/mol. The van der Waals surface area contributed by atoms with Gasteiger partial charge in [-0.1, -0.05) is 54.1 Å². The van der Waals surface area contributed by atoms with Crippen LogP contribution in [-0.2, 0) is 32.8 Å². The van der Waals surface area contributed by atoms with Gasteiger partial charge in [-0.15, -0.1) is 0 Å². The molecule has 0 aromatic heterocycles. The number of esters is 1. The van der Waals surface area contributed by atoms with Crippen molar-refractivity contribution in [2.24, 2.45) is 0 Å². The van der Waals surface area contributed by atoms with E-state index in [4.69, 9.17) is 4.74 Å². The number of aryl methyl sites for hydroxylation is 2. The number of benzene rings is 2. The van der Waals surface area contributed by atoms with Crippen LogP contribution in [0.4, 0.5) is 0 Å². The Morgan fingerprint density at radius 2 is 1.72 bits per heavy atom. The maximum atomic E-state index is 11.9. The Bertz CT molecular complexity index is 748. The highest BCUT2D eigenvalue weighted by atomic mass is 16.5. The molecule has 132 valence electrons. The molecule has 2 aromatic carbocycles. The van der Waals surface area contributed by atoms with E-state index in [0.29, 0.717) is 6.42 Å². The minimum absolute atomic E-state index is 0.260. The zero-order chi connectivity index (χ0) is 18.4. The summed E-state index contributed by atoms with van der Waals surface area (Å²) in [4.78, 5) is 23.4. The molecule has 0 saturated carbocycles. The number of carboxylic acids is 1. The van der Waals surface area contributed by atoms with Crippen molar-refractivity contribution >= 4 is 11.9 Å². The first-order valence-corrected chi connectivity index (χ1v) is 8.33. The highest BCUT2D eigenvalue weighted by Crippen LogP contribution is 2.26. The fourth-order valence-electron chi connectivity index (χ4n) is 2.55. The van der Waals surface area contributed by atoms with Gasteiger partial charge in [0.15, 0.2) is 0 Å². The fraction of sp³-hybridized carbons (Fsp3) is 0.333. The second-order valence-electron chi connectivity index (χ2n) is 6.78. The van der Waals surface area contributed by atoms with E-state index in [9.17, 15) is 14.7 Å². The molecule has 0 bridgehead atoms. The summed E-state index contributed by atoms with van der Waals surface area (Å²) >= 11 is 0. The largest absolute Gasteiger partial charge is 0.481 e. The molecule has 0 atom stereocenters. The minimum Gasteiger partial charge on any atom is -0.481 e. The molecule has 0 spiro atoms. The molecule has 2 aromatic rings. The lowest BCUT2D eigenvalue weighted by molar-refractivity contribution is -0.145. The van der Waals surface area contributed by atoms with Crippen LogP contribution in [0, 0.1) is 6.92 Å². The summed E-state index contributed by atoms with van der Waals surface area (Å²) < 4.78 is 5.28. The molecular weight excluding hydrogens is 316 g/mol. The second kappa shape index (κ2) is 7.97. The third-order valence-electron chi connectivity index (χ3n) is 4.25. The molecule has 0 radical (unpaired) electrons. The average Bonchev–Trinajstić information content (AvgIpc) is 2.58. The molecule has 0 aliphatic heterocycles. The van der Waals surface area contributed by atoms with Gasteiger partial charge in [-0.05, 0) is 43.9 Å². The van der Waals surface area contributed by atoms with Gasteiger partial charge in [0, 0.05) is 6.42 Å². The summed E-state index contributed by atoms with van der Waals surface area (Å²) in [6, 6.07) is 15.3. The first kappa shape index (κ1) is 18.7. The molecule has 2 rings (SSSR count). The zero-order valence-corrected chi connectivity index (χ0v) is 14.9. The van der Waals surface area contributed by atoms with E-state index in [1.807, 2.05) is 55.5 Å². The third-order valence-corrected chi connectivity index (χ3v) is 4.25. The molecule has 1 N–H and O–H groups in total. The summed E-state index contributed by atoms with van der Waals surface area (Å²) in [5, 5.41) is 9.40. The van der Waals surface area contributed by atoms with Crippen LogP contribution in [0.1, 0.15) is 42.5 Å². The lowest BCUT2D eigenvalue weighted by atomic mass is 9.83. The van der Waals surface area contributed by atoms with Crippen molar-refractivity contribution in [2.45, 2.75) is 45.6 Å². The van der Waals surface area contributed by atoms with Gasteiger partial charge >= 0.3 is 11.9 Å². The third kappa shape index (κ3) is 5.18. The van der Waals surface area contributed by atoms with E-state index in [-0.39, 0.29) is 19.0 Å². The van der Waals surface area contributed by atoms with Crippen LogP contribution in [-0.4, -0.2) is 17.0 Å². The lowest BCUT2D eigenvalue weighted by Crippen LogP contribution is -2.28. The number of rotatable bonds is 7. The topological polar surface area (TPSA) is 63.6 Å². The summed E-state index contributed by atoms with van der Waals surface area (Å²) in [5.74, 6) is -1.13. The van der Waals surface area contributed by atoms with E-state index in [0.717, 1.165) is 22.3 Å². The van der Waals surface area contributed by atoms with Crippen LogP contribution in [0.15, 0.2) is 48.5 Å². The zero-order valence-electron chi connectivity index (χ0n) is 14.9. The fourth-order valence-corrected chi connectivity index (χ4v) is 2.55. The van der Waals surface area contributed by atoms with Gasteiger partial charge in [0.2, 0.25) is 0 Å². The highest BCUT2D eigenvalue weighted by molar-refractivity contribution is 5.80. The maximum Gasteiger partial charge on any atom is 0.313 e. The second-order valence-corrected chi connectivity index (χ2v) is 6.78.